The van der Waals surface area contributed by atoms with Gasteiger partial charge in [0.05, 0.1) is 24.2 Å². The summed E-state index contributed by atoms with van der Waals surface area (Å²) >= 11 is 0. The fourth-order valence-corrected chi connectivity index (χ4v) is 1.80. The molecule has 0 unspecified atom stereocenters. The van der Waals surface area contributed by atoms with Crippen LogP contribution in [0.1, 0.15) is 0 Å². The van der Waals surface area contributed by atoms with Crippen molar-refractivity contribution in [1.29, 1.82) is 0 Å². The van der Waals surface area contributed by atoms with Gasteiger partial charge in [-0.3, -0.25) is 10.9 Å². The predicted octanol–water partition coefficient (Wildman–Crippen LogP) is 1.27. The molecule has 0 aliphatic carbocycles. The van der Waals surface area contributed by atoms with Crippen molar-refractivity contribution in [3.05, 3.63) is 60.7 Å². The largest absolute Gasteiger partial charge is 0.394 e. The Morgan fingerprint density at radius 2 is 1.46 bits per heavy atom. The molecule has 2 aromatic rings. The molecular formula is C17H20N4O3. The first-order valence-corrected chi connectivity index (χ1v) is 7.40. The molecule has 0 aromatic heterocycles. The van der Waals surface area contributed by atoms with Gasteiger partial charge in [-0.1, -0.05) is 36.4 Å². The van der Waals surface area contributed by atoms with E-state index in [1.807, 2.05) is 48.5 Å². The highest BCUT2D eigenvalue weighted by Crippen LogP contribution is 2.06. The van der Waals surface area contributed by atoms with Crippen molar-refractivity contribution >= 4 is 23.3 Å². The van der Waals surface area contributed by atoms with Crippen molar-refractivity contribution in [3.63, 3.8) is 0 Å². The van der Waals surface area contributed by atoms with Gasteiger partial charge in [0, 0.05) is 0 Å². The molecule has 0 heterocycles. The molecule has 0 saturated carbocycles. The molecule has 0 fully saturated rings. The maximum atomic E-state index is 10.1. The molecule has 0 saturated heterocycles. The minimum atomic E-state index is -1.38. The quantitative estimate of drug-likeness (QED) is 0.370. The Morgan fingerprint density at radius 3 is 2.00 bits per heavy atom. The summed E-state index contributed by atoms with van der Waals surface area (Å²) in [5.74, 6) is 0. The van der Waals surface area contributed by atoms with Crippen LogP contribution < -0.4 is 10.9 Å². The average Bonchev–Trinajstić information content (AvgIpc) is 2.65. The van der Waals surface area contributed by atoms with E-state index in [4.69, 9.17) is 5.11 Å². The van der Waals surface area contributed by atoms with Gasteiger partial charge in [0.15, 0.2) is 0 Å². The van der Waals surface area contributed by atoms with Crippen LogP contribution in [0.5, 0.6) is 0 Å². The summed E-state index contributed by atoms with van der Waals surface area (Å²) in [6, 6.07) is 18.4. The second kappa shape index (κ2) is 9.41. The Balaban J connectivity index is 2.10. The molecule has 0 amide bonds. The number of hydrazone groups is 2. The van der Waals surface area contributed by atoms with E-state index in [1.54, 1.807) is 12.1 Å². The fraction of sp³-hybridized carbons (Fsp3) is 0.176. The van der Waals surface area contributed by atoms with Crippen molar-refractivity contribution in [2.45, 2.75) is 12.2 Å². The molecule has 7 nitrogen and oxygen atoms in total. The van der Waals surface area contributed by atoms with Crippen LogP contribution in [0.15, 0.2) is 70.9 Å². The first kappa shape index (κ1) is 17.6. The monoisotopic (exact) mass is 328 g/mol. The number of para-hydroxylation sites is 2. The maximum Gasteiger partial charge on any atom is 0.127 e. The average molecular weight is 328 g/mol. The topological polar surface area (TPSA) is 109 Å². The molecule has 5 N–H and O–H groups in total. The molecule has 126 valence electrons. The zero-order valence-corrected chi connectivity index (χ0v) is 12.9. The minimum Gasteiger partial charge on any atom is -0.394 e. The molecule has 7 heteroatoms. The third kappa shape index (κ3) is 5.47. The first-order valence-electron chi connectivity index (χ1n) is 7.40. The number of benzene rings is 2. The molecule has 2 rings (SSSR count). The lowest BCUT2D eigenvalue weighted by Gasteiger charge is -2.15. The molecule has 0 spiro atoms. The maximum absolute atomic E-state index is 10.1. The number of aliphatic hydroxyl groups is 3. The van der Waals surface area contributed by atoms with Crippen molar-refractivity contribution in [3.8, 4) is 0 Å². The summed E-state index contributed by atoms with van der Waals surface area (Å²) in [6.45, 7) is -0.592. The third-order valence-corrected chi connectivity index (χ3v) is 3.11. The Bertz CT molecular complexity index is 662. The smallest absolute Gasteiger partial charge is 0.127 e. The van der Waals surface area contributed by atoms with Crippen molar-refractivity contribution in [2.24, 2.45) is 10.2 Å². The fourth-order valence-electron chi connectivity index (χ4n) is 1.80. The van der Waals surface area contributed by atoms with E-state index in [2.05, 4.69) is 21.1 Å². The van der Waals surface area contributed by atoms with E-state index in [0.717, 1.165) is 5.69 Å². The molecular weight excluding hydrogens is 308 g/mol. The van der Waals surface area contributed by atoms with E-state index >= 15 is 0 Å². The number of aliphatic hydroxyl groups excluding tert-OH is 3. The zero-order valence-electron chi connectivity index (χ0n) is 12.9. The van der Waals surface area contributed by atoms with Crippen LogP contribution in [0.2, 0.25) is 0 Å². The summed E-state index contributed by atoms with van der Waals surface area (Å²) in [5, 5.41) is 36.7. The van der Waals surface area contributed by atoms with Crippen molar-refractivity contribution in [1.82, 2.24) is 0 Å². The van der Waals surface area contributed by atoms with Crippen molar-refractivity contribution < 1.29 is 15.3 Å². The van der Waals surface area contributed by atoms with Gasteiger partial charge in [-0.25, -0.2) is 0 Å². The number of hydrogen-bond acceptors (Lipinski definition) is 7. The summed E-state index contributed by atoms with van der Waals surface area (Å²) in [4.78, 5) is 0. The van der Waals surface area contributed by atoms with E-state index in [0.29, 0.717) is 5.69 Å². The second-order valence-corrected chi connectivity index (χ2v) is 4.95. The molecule has 24 heavy (non-hydrogen) atoms. The number of nitrogens with one attached hydrogen (secondary N) is 2. The van der Waals surface area contributed by atoms with Gasteiger partial charge in [0.2, 0.25) is 0 Å². The lowest BCUT2D eigenvalue weighted by molar-refractivity contribution is 0.0193. The van der Waals surface area contributed by atoms with E-state index in [-0.39, 0.29) is 5.71 Å². The van der Waals surface area contributed by atoms with Crippen LogP contribution in [0.3, 0.4) is 0 Å². The summed E-state index contributed by atoms with van der Waals surface area (Å²) in [6.07, 6.45) is -1.45. The third-order valence-electron chi connectivity index (χ3n) is 3.11. The van der Waals surface area contributed by atoms with Gasteiger partial charge in [0.1, 0.15) is 17.9 Å². The molecule has 0 aliphatic heterocycles. The predicted molar refractivity (Wildman–Crippen MR) is 95.2 cm³/mol. The lowest BCUT2D eigenvalue weighted by Crippen LogP contribution is -2.37. The van der Waals surface area contributed by atoms with Crippen LogP contribution in [0.4, 0.5) is 11.4 Å². The van der Waals surface area contributed by atoms with Crippen LogP contribution in [-0.2, 0) is 0 Å². The first-order chi connectivity index (χ1) is 11.7. The summed E-state index contributed by atoms with van der Waals surface area (Å²) in [5.41, 5.74) is 7.11. The van der Waals surface area contributed by atoms with Gasteiger partial charge in [-0.05, 0) is 24.3 Å². The normalized spacial score (nSPS) is 14.4. The highest BCUT2D eigenvalue weighted by Gasteiger charge is 2.20. The zero-order chi connectivity index (χ0) is 17.2. The Morgan fingerprint density at radius 1 is 0.917 bits per heavy atom. The van der Waals surface area contributed by atoms with Gasteiger partial charge >= 0.3 is 0 Å². The van der Waals surface area contributed by atoms with E-state index < -0.39 is 18.8 Å². The number of hydrogen-bond donors (Lipinski definition) is 5. The highest BCUT2D eigenvalue weighted by atomic mass is 16.4. The molecule has 2 aromatic carbocycles. The Labute approximate surface area is 140 Å². The minimum absolute atomic E-state index is 0.0730. The lowest BCUT2D eigenvalue weighted by atomic mass is 10.1. The highest BCUT2D eigenvalue weighted by molar-refractivity contribution is 6.33. The van der Waals surface area contributed by atoms with E-state index in [9.17, 15) is 10.2 Å². The number of rotatable bonds is 8. The Hall–Kier alpha value is -2.74. The van der Waals surface area contributed by atoms with Crippen LogP contribution in [0, 0.1) is 0 Å². The number of nitrogens with zero attached hydrogens (tertiary/aromatic N) is 2. The summed E-state index contributed by atoms with van der Waals surface area (Å²) in [7, 11) is 0. The Kier molecular flexibility index (Phi) is 6.91. The second-order valence-electron chi connectivity index (χ2n) is 4.95. The van der Waals surface area contributed by atoms with E-state index in [1.165, 1.54) is 6.21 Å². The van der Waals surface area contributed by atoms with Gasteiger partial charge in [-0.2, -0.15) is 10.2 Å². The van der Waals surface area contributed by atoms with Crippen LogP contribution >= 0.6 is 0 Å². The van der Waals surface area contributed by atoms with Gasteiger partial charge < -0.3 is 15.3 Å². The molecule has 0 aliphatic rings. The van der Waals surface area contributed by atoms with Crippen LogP contribution in [-0.4, -0.2) is 46.1 Å². The SMILES string of the molecule is OC[C@@H](O)[C@H](O)C(/C=N/Nc1ccccc1)=NNc1ccccc1. The van der Waals surface area contributed by atoms with Crippen molar-refractivity contribution in [2.75, 3.05) is 17.5 Å². The number of anilines is 2. The molecule has 0 radical (unpaired) electrons. The molecule has 2 atom stereocenters. The van der Waals surface area contributed by atoms with Crippen LogP contribution in [0.25, 0.3) is 0 Å². The standard InChI is InChI=1S/C17H20N4O3/c22-12-16(23)17(24)15(21-20-14-9-5-2-6-10-14)11-18-19-13-7-3-1-4-8-13/h1-11,16-17,19-20,22-24H,12H2/b18-11+,21-15?/t16-,17-/m1/s1. The summed E-state index contributed by atoms with van der Waals surface area (Å²) < 4.78 is 0. The molecule has 0 bridgehead atoms. The van der Waals surface area contributed by atoms with Gasteiger partial charge in [0.25, 0.3) is 0 Å². The van der Waals surface area contributed by atoms with Gasteiger partial charge in [-0.15, -0.1) is 0 Å².